The highest BCUT2D eigenvalue weighted by Crippen LogP contribution is 2.17. The molecule has 0 unspecified atom stereocenters. The van der Waals surface area contributed by atoms with Gasteiger partial charge in [0.2, 0.25) is 5.91 Å². The highest BCUT2D eigenvalue weighted by atomic mass is 16.4. The van der Waals surface area contributed by atoms with Crippen molar-refractivity contribution in [3.8, 4) is 0 Å². The maximum absolute atomic E-state index is 12.0. The Balaban J connectivity index is 1.64. The number of aliphatic carboxylic acids is 1. The van der Waals surface area contributed by atoms with E-state index in [0.29, 0.717) is 39.0 Å². The van der Waals surface area contributed by atoms with E-state index in [1.54, 1.807) is 11.1 Å². The molecule has 7 heteroatoms. The predicted molar refractivity (Wildman–Crippen MR) is 76.7 cm³/mol. The van der Waals surface area contributed by atoms with Crippen molar-refractivity contribution in [3.63, 3.8) is 0 Å². The largest absolute Gasteiger partial charge is 0.481 e. The van der Waals surface area contributed by atoms with Crippen LogP contribution in [0.25, 0.3) is 0 Å². The minimum Gasteiger partial charge on any atom is -0.481 e. The third-order valence-corrected chi connectivity index (χ3v) is 3.92. The van der Waals surface area contributed by atoms with Crippen molar-refractivity contribution < 1.29 is 14.7 Å². The first-order chi connectivity index (χ1) is 10.1. The van der Waals surface area contributed by atoms with Crippen LogP contribution in [0, 0.1) is 5.92 Å². The van der Waals surface area contributed by atoms with Crippen LogP contribution in [-0.4, -0.2) is 57.6 Å². The number of nitrogens with zero attached hydrogens (tertiary/aromatic N) is 3. The molecular formula is C14H22N4O3. The molecule has 0 spiro atoms. The summed E-state index contributed by atoms with van der Waals surface area (Å²) in [5.74, 6) is -0.0309. The average Bonchev–Trinajstić information content (AvgIpc) is 2.89. The lowest BCUT2D eigenvalue weighted by molar-refractivity contribution is -0.145. The van der Waals surface area contributed by atoms with Gasteiger partial charge in [-0.25, -0.2) is 4.98 Å². The van der Waals surface area contributed by atoms with E-state index in [9.17, 15) is 9.59 Å². The van der Waals surface area contributed by atoms with Crippen molar-refractivity contribution in [3.05, 3.63) is 18.2 Å². The summed E-state index contributed by atoms with van der Waals surface area (Å²) in [5.41, 5.74) is 0. The molecule has 2 N–H and O–H groups in total. The van der Waals surface area contributed by atoms with Gasteiger partial charge < -0.3 is 19.9 Å². The van der Waals surface area contributed by atoms with Gasteiger partial charge in [0.15, 0.2) is 0 Å². The maximum Gasteiger partial charge on any atom is 0.306 e. The summed E-state index contributed by atoms with van der Waals surface area (Å²) < 4.78 is 1.96. The zero-order valence-corrected chi connectivity index (χ0v) is 12.3. The van der Waals surface area contributed by atoms with E-state index in [2.05, 4.69) is 10.3 Å². The number of likely N-dealkylation sites (tertiary alicyclic amines) is 1. The number of hydrogen-bond acceptors (Lipinski definition) is 4. The summed E-state index contributed by atoms with van der Waals surface area (Å²) in [6, 6.07) is 0. The van der Waals surface area contributed by atoms with E-state index in [0.717, 1.165) is 12.2 Å². The second-order valence-corrected chi connectivity index (χ2v) is 5.37. The van der Waals surface area contributed by atoms with Gasteiger partial charge in [-0.1, -0.05) is 0 Å². The van der Waals surface area contributed by atoms with Gasteiger partial charge >= 0.3 is 5.97 Å². The molecule has 1 aliphatic heterocycles. The summed E-state index contributed by atoms with van der Waals surface area (Å²) in [6.45, 7) is 2.07. The lowest BCUT2D eigenvalue weighted by Gasteiger charge is -2.30. The summed E-state index contributed by atoms with van der Waals surface area (Å²) in [4.78, 5) is 28.8. The summed E-state index contributed by atoms with van der Waals surface area (Å²) in [5, 5.41) is 12.0. The van der Waals surface area contributed by atoms with Gasteiger partial charge in [-0.3, -0.25) is 9.59 Å². The molecule has 21 heavy (non-hydrogen) atoms. The van der Waals surface area contributed by atoms with Gasteiger partial charge in [0, 0.05) is 45.5 Å². The Kier molecular flexibility index (Phi) is 5.32. The Labute approximate surface area is 124 Å². The van der Waals surface area contributed by atoms with Crippen LogP contribution >= 0.6 is 0 Å². The van der Waals surface area contributed by atoms with Crippen LogP contribution in [0.4, 0.5) is 0 Å². The fraction of sp³-hybridized carbons (Fsp3) is 0.643. The Bertz CT molecular complexity index is 492. The zero-order valence-electron chi connectivity index (χ0n) is 12.3. The molecule has 0 atom stereocenters. The number of amides is 1. The standard InChI is InChI=1S/C14H22N4O3/c1-17-9-6-16-12(17)2-5-15-10-13(19)18-7-3-11(4-8-18)14(20)21/h6,9,11,15H,2-5,7-8,10H2,1H3,(H,20,21). The third kappa shape index (κ3) is 4.29. The molecule has 1 aromatic rings. The first-order valence-corrected chi connectivity index (χ1v) is 7.25. The van der Waals surface area contributed by atoms with Crippen molar-refractivity contribution in [2.75, 3.05) is 26.2 Å². The minimum absolute atomic E-state index is 0.0404. The summed E-state index contributed by atoms with van der Waals surface area (Å²) in [6.07, 6.45) is 5.53. The second-order valence-electron chi connectivity index (χ2n) is 5.37. The highest BCUT2D eigenvalue weighted by Gasteiger charge is 2.26. The Morgan fingerprint density at radius 2 is 2.14 bits per heavy atom. The minimum atomic E-state index is -0.754. The number of carbonyl (C=O) groups excluding carboxylic acids is 1. The van der Waals surface area contributed by atoms with Crippen LogP contribution in [0.1, 0.15) is 18.7 Å². The van der Waals surface area contributed by atoms with Crippen LogP contribution in [0.3, 0.4) is 0 Å². The second kappa shape index (κ2) is 7.21. The molecule has 7 nitrogen and oxygen atoms in total. The van der Waals surface area contributed by atoms with Crippen LogP contribution in [-0.2, 0) is 23.1 Å². The number of carboxylic acid groups (broad SMARTS) is 1. The highest BCUT2D eigenvalue weighted by molar-refractivity contribution is 5.78. The first kappa shape index (κ1) is 15.5. The van der Waals surface area contributed by atoms with Gasteiger partial charge in [-0.15, -0.1) is 0 Å². The number of aryl methyl sites for hydroxylation is 1. The molecule has 1 aliphatic rings. The molecule has 1 aromatic heterocycles. The van der Waals surface area contributed by atoms with Gasteiger partial charge in [-0.05, 0) is 12.8 Å². The van der Waals surface area contributed by atoms with E-state index in [4.69, 9.17) is 5.11 Å². The van der Waals surface area contributed by atoms with Crippen molar-refractivity contribution in [1.29, 1.82) is 0 Å². The van der Waals surface area contributed by atoms with Crippen molar-refractivity contribution in [1.82, 2.24) is 19.8 Å². The zero-order chi connectivity index (χ0) is 15.2. The van der Waals surface area contributed by atoms with E-state index < -0.39 is 5.97 Å². The Hall–Kier alpha value is -1.89. The molecule has 2 heterocycles. The van der Waals surface area contributed by atoms with Gasteiger partial charge in [0.25, 0.3) is 0 Å². The van der Waals surface area contributed by atoms with Crippen LogP contribution in [0.2, 0.25) is 0 Å². The smallest absolute Gasteiger partial charge is 0.306 e. The molecule has 0 radical (unpaired) electrons. The Morgan fingerprint density at radius 1 is 1.43 bits per heavy atom. The number of imidazole rings is 1. The van der Waals surface area contributed by atoms with E-state index in [1.807, 2.05) is 17.8 Å². The van der Waals surface area contributed by atoms with Gasteiger partial charge in [0.05, 0.1) is 12.5 Å². The molecule has 0 aromatic carbocycles. The molecule has 0 saturated carbocycles. The number of hydrogen-bond donors (Lipinski definition) is 2. The molecule has 116 valence electrons. The quantitative estimate of drug-likeness (QED) is 0.714. The molecule has 0 bridgehead atoms. The van der Waals surface area contributed by atoms with Gasteiger partial charge in [-0.2, -0.15) is 0 Å². The Morgan fingerprint density at radius 3 is 2.71 bits per heavy atom. The van der Waals surface area contributed by atoms with Crippen molar-refractivity contribution >= 4 is 11.9 Å². The van der Waals surface area contributed by atoms with Crippen LogP contribution in [0.5, 0.6) is 0 Å². The number of nitrogens with one attached hydrogen (secondary N) is 1. The van der Waals surface area contributed by atoms with Gasteiger partial charge in [0.1, 0.15) is 5.82 Å². The summed E-state index contributed by atoms with van der Waals surface area (Å²) in [7, 11) is 1.94. The normalized spacial score (nSPS) is 16.1. The average molecular weight is 294 g/mol. The first-order valence-electron chi connectivity index (χ1n) is 7.25. The number of rotatable bonds is 6. The van der Waals surface area contributed by atoms with E-state index in [-0.39, 0.29) is 11.8 Å². The molecule has 1 amide bonds. The number of piperidine rings is 1. The molecule has 1 saturated heterocycles. The monoisotopic (exact) mass is 294 g/mol. The van der Waals surface area contributed by atoms with Crippen molar-refractivity contribution in [2.24, 2.45) is 13.0 Å². The van der Waals surface area contributed by atoms with Crippen LogP contribution < -0.4 is 5.32 Å². The summed E-state index contributed by atoms with van der Waals surface area (Å²) >= 11 is 0. The fourth-order valence-electron chi connectivity index (χ4n) is 2.52. The van der Waals surface area contributed by atoms with E-state index in [1.165, 1.54) is 0 Å². The van der Waals surface area contributed by atoms with Crippen LogP contribution in [0.15, 0.2) is 12.4 Å². The lowest BCUT2D eigenvalue weighted by Crippen LogP contribution is -2.44. The SMILES string of the molecule is Cn1ccnc1CCNCC(=O)N1CCC(C(=O)O)CC1. The van der Waals surface area contributed by atoms with E-state index >= 15 is 0 Å². The molecule has 0 aliphatic carbocycles. The van der Waals surface area contributed by atoms with Crippen molar-refractivity contribution in [2.45, 2.75) is 19.3 Å². The molecular weight excluding hydrogens is 272 g/mol. The lowest BCUT2D eigenvalue weighted by atomic mass is 9.97. The number of aromatic nitrogens is 2. The maximum atomic E-state index is 12.0. The topological polar surface area (TPSA) is 87.5 Å². The predicted octanol–water partition coefficient (Wildman–Crippen LogP) is -0.125. The fourth-order valence-corrected chi connectivity index (χ4v) is 2.52. The molecule has 1 fully saturated rings. The number of carbonyl (C=O) groups is 2. The molecule has 2 rings (SSSR count). The number of carboxylic acids is 1. The third-order valence-electron chi connectivity index (χ3n) is 3.92.